The molecule has 0 amide bonds. The van der Waals surface area contributed by atoms with E-state index in [1.54, 1.807) is 10.8 Å². The van der Waals surface area contributed by atoms with Crippen LogP contribution in [0.4, 0.5) is 11.8 Å². The summed E-state index contributed by atoms with van der Waals surface area (Å²) in [6.45, 7) is 1.08. The molecule has 0 spiro atoms. The van der Waals surface area contributed by atoms with Crippen molar-refractivity contribution in [1.29, 1.82) is 0 Å². The number of anilines is 2. The summed E-state index contributed by atoms with van der Waals surface area (Å²) in [7, 11) is 0. The number of rotatable bonds is 4. The number of hydrogen-bond acceptors (Lipinski definition) is 8. The number of aromatic nitrogens is 3. The number of aliphatic hydroxyl groups is 3. The lowest BCUT2D eigenvalue weighted by atomic mass is 9.96. The Kier molecular flexibility index (Phi) is 3.43. The number of ether oxygens (including phenoxy) is 1. The number of fused-ring (bicyclic) bond motifs is 1. The van der Waals surface area contributed by atoms with Gasteiger partial charge in [0, 0.05) is 12.2 Å². The smallest absolute Gasteiger partial charge is 0.223 e. The van der Waals surface area contributed by atoms with Crippen molar-refractivity contribution in [1.82, 2.24) is 14.5 Å². The molecule has 24 heavy (non-hydrogen) atoms. The van der Waals surface area contributed by atoms with E-state index in [0.717, 1.165) is 18.2 Å². The van der Waals surface area contributed by atoms with Crippen LogP contribution in [0.1, 0.15) is 26.0 Å². The van der Waals surface area contributed by atoms with Crippen molar-refractivity contribution < 1.29 is 20.1 Å². The largest absolute Gasteiger partial charge is 0.394 e. The summed E-state index contributed by atoms with van der Waals surface area (Å²) in [6.07, 6.45) is 0.917. The van der Waals surface area contributed by atoms with Crippen LogP contribution >= 0.6 is 0 Å². The third-order valence-electron chi connectivity index (χ3n) is 4.69. The minimum Gasteiger partial charge on any atom is -0.394 e. The third-order valence-corrected chi connectivity index (χ3v) is 4.69. The maximum Gasteiger partial charge on any atom is 0.223 e. The number of nitrogens with one attached hydrogen (secondary N) is 1. The van der Waals surface area contributed by atoms with Crippen molar-refractivity contribution in [3.63, 3.8) is 0 Å². The van der Waals surface area contributed by atoms with Crippen LogP contribution in [0.25, 0.3) is 11.0 Å². The second-order valence-corrected chi connectivity index (χ2v) is 6.69. The van der Waals surface area contributed by atoms with Gasteiger partial charge < -0.3 is 35.7 Å². The number of nitrogen functional groups attached to an aromatic ring is 1. The monoisotopic (exact) mass is 335 g/mol. The van der Waals surface area contributed by atoms with Crippen LogP contribution in [-0.2, 0) is 4.74 Å². The number of aliphatic hydroxyl groups excluding tert-OH is 2. The number of nitrogens with two attached hydrogens (primary N) is 1. The van der Waals surface area contributed by atoms with Crippen molar-refractivity contribution in [3.05, 3.63) is 12.3 Å². The van der Waals surface area contributed by atoms with Crippen LogP contribution in [0.3, 0.4) is 0 Å². The molecule has 3 heterocycles. The fraction of sp³-hybridized carbons (Fsp3) is 0.600. The van der Waals surface area contributed by atoms with E-state index >= 15 is 0 Å². The van der Waals surface area contributed by atoms with Gasteiger partial charge in [-0.05, 0) is 25.8 Å². The topological polar surface area (TPSA) is 139 Å². The van der Waals surface area contributed by atoms with Gasteiger partial charge in [0.15, 0.2) is 6.23 Å². The Morgan fingerprint density at radius 1 is 1.46 bits per heavy atom. The van der Waals surface area contributed by atoms with Gasteiger partial charge in [-0.1, -0.05) is 0 Å². The molecule has 4 atom stereocenters. The van der Waals surface area contributed by atoms with Gasteiger partial charge in [0.2, 0.25) is 5.95 Å². The first-order valence-corrected chi connectivity index (χ1v) is 7.99. The predicted molar refractivity (Wildman–Crippen MR) is 86.2 cm³/mol. The molecule has 0 bridgehead atoms. The highest BCUT2D eigenvalue weighted by Gasteiger charge is 2.53. The van der Waals surface area contributed by atoms with Crippen LogP contribution in [0.15, 0.2) is 12.3 Å². The minimum absolute atomic E-state index is 0.113. The molecule has 6 N–H and O–H groups in total. The average Bonchev–Trinajstić information content (AvgIpc) is 3.20. The molecule has 2 aromatic heterocycles. The molecule has 1 aliphatic heterocycles. The molecule has 0 aromatic carbocycles. The molecule has 1 saturated heterocycles. The van der Waals surface area contributed by atoms with Crippen molar-refractivity contribution >= 4 is 22.8 Å². The second-order valence-electron chi connectivity index (χ2n) is 6.69. The summed E-state index contributed by atoms with van der Waals surface area (Å²) in [5, 5.41) is 34.2. The van der Waals surface area contributed by atoms with Gasteiger partial charge in [0.05, 0.1) is 12.0 Å². The van der Waals surface area contributed by atoms with E-state index in [9.17, 15) is 15.3 Å². The van der Waals surface area contributed by atoms with Gasteiger partial charge in [0.25, 0.3) is 0 Å². The fourth-order valence-corrected chi connectivity index (χ4v) is 3.16. The Bertz CT molecular complexity index is 773. The van der Waals surface area contributed by atoms with Crippen LogP contribution in [0.2, 0.25) is 0 Å². The van der Waals surface area contributed by atoms with Crippen LogP contribution in [-0.4, -0.2) is 60.3 Å². The van der Waals surface area contributed by atoms with E-state index < -0.39 is 30.6 Å². The zero-order valence-electron chi connectivity index (χ0n) is 13.3. The Hall–Kier alpha value is -1.94. The first kappa shape index (κ1) is 15.6. The normalized spacial score (nSPS) is 33.2. The van der Waals surface area contributed by atoms with Crippen LogP contribution in [0.5, 0.6) is 0 Å². The Labute approximate surface area is 138 Å². The van der Waals surface area contributed by atoms with Crippen LogP contribution in [0, 0.1) is 0 Å². The lowest BCUT2D eigenvalue weighted by Gasteiger charge is -2.27. The average molecular weight is 335 g/mol. The molecular formula is C15H21N5O4. The zero-order chi connectivity index (χ0) is 17.1. The van der Waals surface area contributed by atoms with Crippen molar-refractivity contribution in [3.8, 4) is 0 Å². The van der Waals surface area contributed by atoms with Gasteiger partial charge in [-0.3, -0.25) is 0 Å². The molecule has 9 heteroatoms. The Balaban J connectivity index is 1.78. The highest BCUT2D eigenvalue weighted by atomic mass is 16.6. The number of nitrogens with zero attached hydrogens (tertiary/aromatic N) is 3. The highest BCUT2D eigenvalue weighted by molar-refractivity contribution is 5.88. The molecular weight excluding hydrogens is 314 g/mol. The van der Waals surface area contributed by atoms with Gasteiger partial charge in [-0.25, -0.2) is 0 Å². The van der Waals surface area contributed by atoms with Gasteiger partial charge in [0.1, 0.15) is 29.3 Å². The zero-order valence-corrected chi connectivity index (χ0v) is 13.3. The Morgan fingerprint density at radius 2 is 2.21 bits per heavy atom. The summed E-state index contributed by atoms with van der Waals surface area (Å²) in [4.78, 5) is 8.52. The summed E-state index contributed by atoms with van der Waals surface area (Å²) < 4.78 is 7.27. The molecule has 4 rings (SSSR count). The number of hydrogen-bond donors (Lipinski definition) is 5. The van der Waals surface area contributed by atoms with Crippen molar-refractivity contribution in [2.45, 2.75) is 49.8 Å². The molecule has 0 radical (unpaired) electrons. The third kappa shape index (κ3) is 2.32. The van der Waals surface area contributed by atoms with Gasteiger partial charge >= 0.3 is 0 Å². The minimum atomic E-state index is -1.58. The summed E-state index contributed by atoms with van der Waals surface area (Å²) >= 11 is 0. The van der Waals surface area contributed by atoms with Gasteiger partial charge in [-0.15, -0.1) is 0 Å². The molecule has 4 unspecified atom stereocenters. The first-order chi connectivity index (χ1) is 11.4. The van der Waals surface area contributed by atoms with Crippen LogP contribution < -0.4 is 11.1 Å². The summed E-state index contributed by atoms with van der Waals surface area (Å²) in [6, 6.07) is 2.22. The molecule has 2 fully saturated rings. The predicted octanol–water partition coefficient (Wildman–Crippen LogP) is -0.411. The quantitative estimate of drug-likeness (QED) is 0.508. The molecule has 130 valence electrons. The van der Waals surface area contributed by atoms with Crippen molar-refractivity contribution in [2.75, 3.05) is 17.7 Å². The lowest BCUT2D eigenvalue weighted by molar-refractivity contribution is -0.0948. The van der Waals surface area contributed by atoms with E-state index in [4.69, 9.17) is 10.5 Å². The lowest BCUT2D eigenvalue weighted by Crippen LogP contribution is -2.44. The fourth-order valence-electron chi connectivity index (χ4n) is 3.16. The second kappa shape index (κ2) is 5.28. The molecule has 9 nitrogen and oxygen atoms in total. The maximum absolute atomic E-state index is 10.7. The molecule has 1 aliphatic carbocycles. The van der Waals surface area contributed by atoms with E-state index in [-0.39, 0.29) is 5.95 Å². The standard InChI is InChI=1S/C15H21N5O4/c1-15(23)10(22)9(6-21)24-13(15)20-5-4-8-11(17-7-2-3-7)18-14(16)19-12(8)20/h4-5,7,9-10,13,21-23H,2-3,6H2,1H3,(H3,16,17,18,19). The van der Waals surface area contributed by atoms with E-state index in [1.165, 1.54) is 6.92 Å². The highest BCUT2D eigenvalue weighted by Crippen LogP contribution is 2.40. The summed E-state index contributed by atoms with van der Waals surface area (Å²) in [5.41, 5.74) is 4.75. The van der Waals surface area contributed by atoms with E-state index in [2.05, 4.69) is 15.3 Å². The first-order valence-electron chi connectivity index (χ1n) is 7.99. The van der Waals surface area contributed by atoms with Gasteiger partial charge in [-0.2, -0.15) is 9.97 Å². The Morgan fingerprint density at radius 3 is 2.83 bits per heavy atom. The summed E-state index contributed by atoms with van der Waals surface area (Å²) in [5.74, 6) is 0.762. The maximum atomic E-state index is 10.7. The van der Waals surface area contributed by atoms with Crippen molar-refractivity contribution in [2.24, 2.45) is 0 Å². The molecule has 2 aliphatic rings. The van der Waals surface area contributed by atoms with E-state index in [0.29, 0.717) is 17.5 Å². The molecule has 2 aromatic rings. The SMILES string of the molecule is CC1(O)C(O)C(CO)OC1n1ccc2c(NC3CC3)nc(N)nc21. The molecule has 1 saturated carbocycles. The van der Waals surface area contributed by atoms with E-state index in [1.807, 2.05) is 6.07 Å².